The summed E-state index contributed by atoms with van der Waals surface area (Å²) in [6.07, 6.45) is 3.82. The molecule has 0 amide bonds. The van der Waals surface area contributed by atoms with E-state index in [2.05, 4.69) is 0 Å². The summed E-state index contributed by atoms with van der Waals surface area (Å²) in [5, 5.41) is 0. The van der Waals surface area contributed by atoms with Crippen LogP contribution in [0, 0.1) is 0 Å². The molecule has 148 valence electrons. The van der Waals surface area contributed by atoms with Gasteiger partial charge in [-0.05, 0) is 48.4 Å². The molecule has 0 bridgehead atoms. The lowest BCUT2D eigenvalue weighted by Gasteiger charge is -2.12. The highest BCUT2D eigenvalue weighted by Crippen LogP contribution is 2.33. The first-order chi connectivity index (χ1) is 14.2. The van der Waals surface area contributed by atoms with Gasteiger partial charge in [-0.15, -0.1) is 0 Å². The van der Waals surface area contributed by atoms with Crippen molar-refractivity contribution in [3.05, 3.63) is 96.1 Å². The van der Waals surface area contributed by atoms with Crippen LogP contribution in [-0.2, 0) is 16.0 Å². The average Bonchev–Trinajstić information content (AvgIpc) is 2.75. The molecule has 3 rings (SSSR count). The molecular weight excluding hydrogens is 364 g/mol. The van der Waals surface area contributed by atoms with Gasteiger partial charge in [-0.2, -0.15) is 0 Å². The van der Waals surface area contributed by atoms with Gasteiger partial charge < -0.3 is 14.2 Å². The molecular formula is C25H24O4. The minimum atomic E-state index is -0.375. The Bertz CT molecular complexity index is 934. The Morgan fingerprint density at radius 1 is 0.897 bits per heavy atom. The van der Waals surface area contributed by atoms with Crippen LogP contribution in [0.1, 0.15) is 18.1 Å². The Balaban J connectivity index is 1.61. The van der Waals surface area contributed by atoms with Gasteiger partial charge in [0, 0.05) is 12.5 Å². The Morgan fingerprint density at radius 3 is 2.34 bits per heavy atom. The Hall–Kier alpha value is -3.53. The predicted octanol–water partition coefficient (Wildman–Crippen LogP) is 5.68. The molecule has 0 heterocycles. The summed E-state index contributed by atoms with van der Waals surface area (Å²) in [6, 6.07) is 25.0. The Morgan fingerprint density at radius 2 is 1.62 bits per heavy atom. The topological polar surface area (TPSA) is 44.8 Å². The first-order valence-electron chi connectivity index (χ1n) is 9.63. The van der Waals surface area contributed by atoms with E-state index in [4.69, 9.17) is 14.2 Å². The molecule has 0 saturated carbocycles. The van der Waals surface area contributed by atoms with Crippen LogP contribution in [-0.4, -0.2) is 19.2 Å². The molecule has 3 aromatic carbocycles. The molecule has 0 saturated heterocycles. The van der Waals surface area contributed by atoms with Crippen molar-refractivity contribution < 1.29 is 19.0 Å². The molecule has 0 aliphatic carbocycles. The molecule has 0 atom stereocenters. The van der Waals surface area contributed by atoms with Gasteiger partial charge in [-0.25, -0.2) is 4.79 Å². The first-order valence-corrected chi connectivity index (χ1v) is 9.63. The molecule has 0 spiro atoms. The molecule has 4 nitrogen and oxygen atoms in total. The second-order valence-electron chi connectivity index (χ2n) is 6.29. The van der Waals surface area contributed by atoms with Crippen molar-refractivity contribution in [1.29, 1.82) is 0 Å². The number of hydrogen-bond donors (Lipinski definition) is 0. The van der Waals surface area contributed by atoms with Crippen LogP contribution in [0.4, 0.5) is 0 Å². The molecule has 0 radical (unpaired) electrons. The molecule has 0 fully saturated rings. The van der Waals surface area contributed by atoms with Gasteiger partial charge in [0.15, 0.2) is 11.5 Å². The van der Waals surface area contributed by atoms with Gasteiger partial charge in [-0.3, -0.25) is 0 Å². The van der Waals surface area contributed by atoms with Crippen molar-refractivity contribution in [1.82, 2.24) is 0 Å². The number of esters is 1. The van der Waals surface area contributed by atoms with Crippen molar-refractivity contribution in [2.45, 2.75) is 13.3 Å². The number of para-hydroxylation sites is 1. The summed E-state index contributed by atoms with van der Waals surface area (Å²) < 4.78 is 16.9. The lowest BCUT2D eigenvalue weighted by Crippen LogP contribution is -2.04. The zero-order valence-electron chi connectivity index (χ0n) is 16.4. The van der Waals surface area contributed by atoms with Gasteiger partial charge >= 0.3 is 5.97 Å². The number of carbonyl (C=O) groups is 1. The standard InChI is InChI=1S/C25H24O4/c1-2-27-23-15-13-21(19-24(23)29-22-11-7-4-8-12-22)14-16-25(26)28-18-17-20-9-5-3-6-10-20/h3-16,19H,2,17-18H2,1H3/b16-14-. The van der Waals surface area contributed by atoms with E-state index in [-0.39, 0.29) is 5.97 Å². The fraction of sp³-hybridized carbons (Fsp3) is 0.160. The van der Waals surface area contributed by atoms with Crippen molar-refractivity contribution >= 4 is 12.0 Å². The van der Waals surface area contributed by atoms with E-state index in [0.717, 1.165) is 16.9 Å². The minimum absolute atomic E-state index is 0.346. The van der Waals surface area contributed by atoms with E-state index >= 15 is 0 Å². The largest absolute Gasteiger partial charge is 0.490 e. The van der Waals surface area contributed by atoms with E-state index in [0.29, 0.717) is 31.1 Å². The number of carbonyl (C=O) groups excluding carboxylic acids is 1. The number of hydrogen-bond acceptors (Lipinski definition) is 4. The maximum Gasteiger partial charge on any atom is 0.330 e. The highest BCUT2D eigenvalue weighted by Gasteiger charge is 2.07. The van der Waals surface area contributed by atoms with Crippen LogP contribution < -0.4 is 9.47 Å². The van der Waals surface area contributed by atoms with E-state index < -0.39 is 0 Å². The van der Waals surface area contributed by atoms with E-state index in [1.165, 1.54) is 6.08 Å². The van der Waals surface area contributed by atoms with E-state index in [1.807, 2.05) is 85.8 Å². The van der Waals surface area contributed by atoms with Gasteiger partial charge in [-0.1, -0.05) is 54.6 Å². The smallest absolute Gasteiger partial charge is 0.330 e. The monoisotopic (exact) mass is 388 g/mol. The van der Waals surface area contributed by atoms with Crippen LogP contribution in [0.3, 0.4) is 0 Å². The maximum absolute atomic E-state index is 12.0. The second kappa shape index (κ2) is 10.7. The third kappa shape index (κ3) is 6.54. The molecule has 4 heteroatoms. The van der Waals surface area contributed by atoms with Crippen molar-refractivity contribution in [2.75, 3.05) is 13.2 Å². The van der Waals surface area contributed by atoms with Crippen LogP contribution in [0.15, 0.2) is 84.9 Å². The second-order valence-corrected chi connectivity index (χ2v) is 6.29. The molecule has 0 N–H and O–H groups in total. The summed E-state index contributed by atoms with van der Waals surface area (Å²) in [5.74, 6) is 1.59. The predicted molar refractivity (Wildman–Crippen MR) is 114 cm³/mol. The third-order valence-electron chi connectivity index (χ3n) is 4.13. The summed E-state index contributed by atoms with van der Waals surface area (Å²) in [4.78, 5) is 12.0. The lowest BCUT2D eigenvalue weighted by atomic mass is 10.2. The molecule has 0 unspecified atom stereocenters. The lowest BCUT2D eigenvalue weighted by molar-refractivity contribution is -0.137. The van der Waals surface area contributed by atoms with Crippen molar-refractivity contribution in [2.24, 2.45) is 0 Å². The van der Waals surface area contributed by atoms with Crippen molar-refractivity contribution in [3.8, 4) is 17.2 Å². The van der Waals surface area contributed by atoms with E-state index in [1.54, 1.807) is 6.08 Å². The van der Waals surface area contributed by atoms with E-state index in [9.17, 15) is 4.79 Å². The highest BCUT2D eigenvalue weighted by atomic mass is 16.5. The van der Waals surface area contributed by atoms with Gasteiger partial charge in [0.2, 0.25) is 0 Å². The Kier molecular flexibility index (Phi) is 7.47. The Labute approximate surface area is 171 Å². The summed E-state index contributed by atoms with van der Waals surface area (Å²) >= 11 is 0. The number of benzene rings is 3. The van der Waals surface area contributed by atoms with Crippen molar-refractivity contribution in [3.63, 3.8) is 0 Å². The molecule has 0 aliphatic heterocycles. The number of ether oxygens (including phenoxy) is 3. The maximum atomic E-state index is 12.0. The van der Waals surface area contributed by atoms with Crippen LogP contribution in [0.25, 0.3) is 6.08 Å². The fourth-order valence-corrected chi connectivity index (χ4v) is 2.72. The summed E-state index contributed by atoms with van der Waals surface area (Å²) in [5.41, 5.74) is 1.96. The summed E-state index contributed by atoms with van der Waals surface area (Å²) in [7, 11) is 0. The first kappa shape index (κ1) is 20.2. The molecule has 29 heavy (non-hydrogen) atoms. The summed E-state index contributed by atoms with van der Waals surface area (Å²) in [6.45, 7) is 2.80. The molecule has 3 aromatic rings. The van der Waals surface area contributed by atoms with Crippen LogP contribution >= 0.6 is 0 Å². The molecule has 0 aromatic heterocycles. The highest BCUT2D eigenvalue weighted by molar-refractivity contribution is 5.87. The third-order valence-corrected chi connectivity index (χ3v) is 4.13. The van der Waals surface area contributed by atoms with Gasteiger partial charge in [0.25, 0.3) is 0 Å². The average molecular weight is 388 g/mol. The zero-order valence-corrected chi connectivity index (χ0v) is 16.4. The fourth-order valence-electron chi connectivity index (χ4n) is 2.72. The minimum Gasteiger partial charge on any atom is -0.490 e. The normalized spacial score (nSPS) is 10.7. The number of rotatable bonds is 9. The van der Waals surface area contributed by atoms with Crippen LogP contribution in [0.5, 0.6) is 17.2 Å². The van der Waals surface area contributed by atoms with Crippen LogP contribution in [0.2, 0.25) is 0 Å². The molecule has 0 aliphatic rings. The zero-order chi connectivity index (χ0) is 20.3. The quantitative estimate of drug-likeness (QED) is 0.350. The van der Waals surface area contributed by atoms with Gasteiger partial charge in [0.1, 0.15) is 5.75 Å². The SMILES string of the molecule is CCOc1ccc(/C=C\C(=O)OCCc2ccccc2)cc1Oc1ccccc1. The van der Waals surface area contributed by atoms with Gasteiger partial charge in [0.05, 0.1) is 13.2 Å².